The molecule has 0 spiro atoms. The maximum atomic E-state index is 12.3. The number of hydrogen-bond acceptors (Lipinski definition) is 5. The third kappa shape index (κ3) is 12.0. The van der Waals surface area contributed by atoms with Crippen molar-refractivity contribution in [3.8, 4) is 11.8 Å². The van der Waals surface area contributed by atoms with E-state index < -0.39 is 18.2 Å². The van der Waals surface area contributed by atoms with Gasteiger partial charge in [0.25, 0.3) is 0 Å². The number of nitrogens with zero attached hydrogens (tertiary/aromatic N) is 2. The van der Waals surface area contributed by atoms with Crippen molar-refractivity contribution < 1.29 is 17.9 Å². The Hall–Kier alpha value is -2.40. The number of benzene rings is 1. The topological polar surface area (TPSA) is 71.9 Å². The van der Waals surface area contributed by atoms with Crippen molar-refractivity contribution in [2.24, 2.45) is 11.8 Å². The molecule has 0 saturated heterocycles. The minimum atomic E-state index is -4.40. The Labute approximate surface area is 233 Å². The van der Waals surface area contributed by atoms with Gasteiger partial charge < -0.3 is 10.5 Å². The van der Waals surface area contributed by atoms with E-state index in [-0.39, 0.29) is 11.7 Å². The van der Waals surface area contributed by atoms with Gasteiger partial charge in [-0.05, 0) is 73.8 Å². The average Bonchev–Trinajstić information content (AvgIpc) is 3.73. The summed E-state index contributed by atoms with van der Waals surface area (Å²) in [5.74, 6) is 1.98. The van der Waals surface area contributed by atoms with Gasteiger partial charge in [0.15, 0.2) is 6.61 Å². The quantitative estimate of drug-likeness (QED) is 0.320. The summed E-state index contributed by atoms with van der Waals surface area (Å²) in [7, 11) is 0. The summed E-state index contributed by atoms with van der Waals surface area (Å²) in [4.78, 5) is 4.30. The van der Waals surface area contributed by atoms with Crippen molar-refractivity contribution in [1.29, 1.82) is 5.26 Å². The zero-order chi connectivity index (χ0) is 29.5. The van der Waals surface area contributed by atoms with Crippen LogP contribution in [0.15, 0.2) is 36.5 Å². The molecule has 3 atom stereocenters. The zero-order valence-electron chi connectivity index (χ0n) is 24.2. The van der Waals surface area contributed by atoms with E-state index in [1.165, 1.54) is 44.0 Å². The van der Waals surface area contributed by atoms with Gasteiger partial charge in [-0.25, -0.2) is 0 Å². The van der Waals surface area contributed by atoms with E-state index in [4.69, 9.17) is 10.5 Å². The molecule has 38 heavy (non-hydrogen) atoms. The van der Waals surface area contributed by atoms with E-state index in [0.29, 0.717) is 22.5 Å². The Kier molecular flexibility index (Phi) is 16.2. The van der Waals surface area contributed by atoms with Gasteiger partial charge in [-0.3, -0.25) is 4.98 Å². The van der Waals surface area contributed by atoms with E-state index >= 15 is 0 Å². The smallest absolute Gasteiger partial charge is 0.422 e. The van der Waals surface area contributed by atoms with E-state index in [1.807, 2.05) is 20.8 Å². The monoisotopic (exact) mass is 553 g/mol. The Bertz CT molecular complexity index is 972. The van der Waals surface area contributed by atoms with E-state index in [1.54, 1.807) is 38.3 Å². The number of rotatable bonds is 8. The van der Waals surface area contributed by atoms with Crippen molar-refractivity contribution in [3.63, 3.8) is 0 Å². The normalized spacial score (nSPS) is 15.4. The van der Waals surface area contributed by atoms with Crippen molar-refractivity contribution in [3.05, 3.63) is 53.3 Å². The summed E-state index contributed by atoms with van der Waals surface area (Å²) < 4.78 is 41.7. The van der Waals surface area contributed by atoms with Crippen molar-refractivity contribution in [1.82, 2.24) is 4.98 Å². The molecule has 1 fully saturated rings. The summed E-state index contributed by atoms with van der Waals surface area (Å²) in [5, 5.41) is 9.85. The number of nitrogen functional groups attached to an aromatic ring is 1. The van der Waals surface area contributed by atoms with Gasteiger partial charge in [0.1, 0.15) is 5.75 Å². The second-order valence-corrected chi connectivity index (χ2v) is 9.63. The summed E-state index contributed by atoms with van der Waals surface area (Å²) in [5.41, 5.74) is 7.37. The number of alkyl halides is 3. The lowest BCUT2D eigenvalue weighted by Gasteiger charge is -2.30. The van der Waals surface area contributed by atoms with Crippen LogP contribution in [0.1, 0.15) is 90.0 Å². The van der Waals surface area contributed by atoms with Gasteiger partial charge in [-0.1, -0.05) is 59.9 Å². The predicted octanol–water partition coefficient (Wildman–Crippen LogP) is 8.90. The summed E-state index contributed by atoms with van der Waals surface area (Å²) in [6.07, 6.45) is 4.73. The van der Waals surface area contributed by atoms with Crippen LogP contribution in [0.4, 0.5) is 18.9 Å². The molecule has 1 aliphatic carbocycles. The first-order chi connectivity index (χ1) is 17.9. The number of aromatic nitrogens is 1. The van der Waals surface area contributed by atoms with Crippen LogP contribution in [0, 0.1) is 30.1 Å². The molecule has 1 saturated carbocycles. The molecule has 1 aromatic heterocycles. The molecule has 2 aromatic rings. The molecule has 0 aliphatic heterocycles. The van der Waals surface area contributed by atoms with Gasteiger partial charge in [0, 0.05) is 11.6 Å². The maximum Gasteiger partial charge on any atom is 0.422 e. The number of anilines is 1. The van der Waals surface area contributed by atoms with Gasteiger partial charge >= 0.3 is 6.18 Å². The van der Waals surface area contributed by atoms with Crippen LogP contribution in [0.2, 0.25) is 0 Å². The molecule has 2 N–H and O–H groups in total. The molecular formula is C30H46F3N3OS. The standard InChI is InChI=1S/C19H20F3N3O.C8H16.C2H6.CH4S/c1-12-8-15(26-11-19(20,21)22)5-6-16(12)18(3,10-23)13(2)17-7-4-14(24)9-25-17;1-3-7(2)6-8-4-5-8;2*1-2/h4-9,13H,11,24H2,1-3H3;7-8H,3-6H2,1-2H3;1-2H3;2H,1H3. The van der Waals surface area contributed by atoms with Crippen molar-refractivity contribution >= 4 is 18.3 Å². The largest absolute Gasteiger partial charge is 0.484 e. The molecular weight excluding hydrogens is 507 g/mol. The number of nitriles is 1. The van der Waals surface area contributed by atoms with Gasteiger partial charge in [0.05, 0.1) is 23.4 Å². The number of halogens is 3. The summed E-state index contributed by atoms with van der Waals surface area (Å²) >= 11 is 3.53. The highest BCUT2D eigenvalue weighted by atomic mass is 32.1. The van der Waals surface area contributed by atoms with Crippen LogP contribution in [0.3, 0.4) is 0 Å². The molecule has 1 aliphatic rings. The van der Waals surface area contributed by atoms with E-state index in [0.717, 1.165) is 11.8 Å². The highest BCUT2D eigenvalue weighted by Crippen LogP contribution is 2.40. The molecule has 3 rings (SSSR count). The fourth-order valence-electron chi connectivity index (χ4n) is 3.92. The molecule has 3 unspecified atom stereocenters. The summed E-state index contributed by atoms with van der Waals surface area (Å²) in [6, 6.07) is 10.4. The maximum absolute atomic E-state index is 12.3. The Morgan fingerprint density at radius 3 is 2.18 bits per heavy atom. The third-order valence-corrected chi connectivity index (χ3v) is 6.64. The molecule has 8 heteroatoms. The van der Waals surface area contributed by atoms with Crippen LogP contribution in [0.25, 0.3) is 0 Å². The molecule has 4 nitrogen and oxygen atoms in total. The second kappa shape index (κ2) is 17.2. The van der Waals surface area contributed by atoms with E-state index in [2.05, 4.69) is 37.5 Å². The van der Waals surface area contributed by atoms with Crippen LogP contribution >= 0.6 is 12.6 Å². The Morgan fingerprint density at radius 1 is 1.16 bits per heavy atom. The SMILES string of the molecule is CC.CCC(C)CC1CC1.CS.Cc1cc(OCC(F)(F)F)ccc1C(C)(C#N)C(C)c1ccc(N)cn1. The van der Waals surface area contributed by atoms with Crippen molar-refractivity contribution in [2.75, 3.05) is 18.6 Å². The lowest BCUT2D eigenvalue weighted by molar-refractivity contribution is -0.153. The van der Waals surface area contributed by atoms with Crippen molar-refractivity contribution in [2.45, 2.75) is 91.7 Å². The van der Waals surface area contributed by atoms with Crippen LogP contribution in [0.5, 0.6) is 5.75 Å². The molecule has 0 radical (unpaired) electrons. The number of nitrogens with two attached hydrogens (primary N) is 1. The second-order valence-electron chi connectivity index (χ2n) is 9.63. The van der Waals surface area contributed by atoms with Gasteiger partial charge in [-0.2, -0.15) is 31.1 Å². The lowest BCUT2D eigenvalue weighted by atomic mass is 9.71. The number of aryl methyl sites for hydroxylation is 1. The Morgan fingerprint density at radius 2 is 1.76 bits per heavy atom. The van der Waals surface area contributed by atoms with Crippen LogP contribution < -0.4 is 10.5 Å². The number of thiol groups is 1. The Balaban J connectivity index is 0.000000952. The van der Waals surface area contributed by atoms with E-state index in [9.17, 15) is 18.4 Å². The molecule has 0 amide bonds. The minimum Gasteiger partial charge on any atom is -0.484 e. The third-order valence-electron chi connectivity index (χ3n) is 6.64. The highest BCUT2D eigenvalue weighted by Gasteiger charge is 2.36. The lowest BCUT2D eigenvalue weighted by Crippen LogP contribution is -2.28. The first-order valence-corrected chi connectivity index (χ1v) is 14.2. The highest BCUT2D eigenvalue weighted by molar-refractivity contribution is 7.79. The van der Waals surface area contributed by atoms with Crippen LogP contribution in [-0.2, 0) is 5.41 Å². The number of hydrogen-bond donors (Lipinski definition) is 2. The van der Waals surface area contributed by atoms with Crippen LogP contribution in [-0.4, -0.2) is 24.0 Å². The predicted molar refractivity (Wildman–Crippen MR) is 156 cm³/mol. The summed E-state index contributed by atoms with van der Waals surface area (Å²) in [6.45, 7) is 12.7. The first kappa shape index (κ1) is 35.6. The fraction of sp³-hybridized carbons (Fsp3) is 0.600. The fourth-order valence-corrected chi connectivity index (χ4v) is 3.92. The molecule has 0 bridgehead atoms. The van der Waals surface area contributed by atoms with Gasteiger partial charge in [-0.15, -0.1) is 0 Å². The molecule has 1 heterocycles. The first-order valence-electron chi connectivity index (χ1n) is 13.3. The minimum absolute atomic E-state index is 0.113. The number of pyridine rings is 1. The van der Waals surface area contributed by atoms with Gasteiger partial charge in [0.2, 0.25) is 0 Å². The molecule has 1 aromatic carbocycles. The number of ether oxygens (including phenoxy) is 1. The zero-order valence-corrected chi connectivity index (χ0v) is 25.1. The average molecular weight is 554 g/mol. The molecule has 214 valence electrons.